The Morgan fingerprint density at radius 1 is 0.963 bits per heavy atom. The number of hydrogen-bond donors (Lipinski definition) is 1. The van der Waals surface area contributed by atoms with Crippen LogP contribution in [-0.4, -0.2) is 10.8 Å². The maximum atomic E-state index is 6.36. The maximum absolute atomic E-state index is 6.36. The summed E-state index contributed by atoms with van der Waals surface area (Å²) in [6, 6.07) is 12.9. The van der Waals surface area contributed by atoms with Gasteiger partial charge < -0.3 is 9.99 Å². The van der Waals surface area contributed by atoms with E-state index in [0.717, 1.165) is 28.2 Å². The van der Waals surface area contributed by atoms with Gasteiger partial charge >= 0.3 is 0 Å². The molecular weight excluding hydrogens is 424 g/mol. The van der Waals surface area contributed by atoms with Crippen molar-refractivity contribution < 1.29 is 0 Å². The average molecular weight is 441 g/mol. The highest BCUT2D eigenvalue weighted by atomic mass is 35.5. The molecule has 0 aliphatic carbocycles. The molecule has 3 aromatic rings. The highest BCUT2D eigenvalue weighted by Gasteiger charge is 2.12. The summed E-state index contributed by atoms with van der Waals surface area (Å²) in [6.45, 7) is 4.46. The second-order valence-electron chi connectivity index (χ2n) is 6.05. The molecule has 1 N–H and O–H groups in total. The van der Waals surface area contributed by atoms with E-state index in [0.29, 0.717) is 26.6 Å². The van der Waals surface area contributed by atoms with Crippen LogP contribution in [0.5, 0.6) is 0 Å². The Balaban J connectivity index is 1.81. The van der Waals surface area contributed by atoms with Crippen LogP contribution in [-0.2, 0) is 6.54 Å². The van der Waals surface area contributed by atoms with Crippen molar-refractivity contribution in [2.45, 2.75) is 20.4 Å². The van der Waals surface area contributed by atoms with Gasteiger partial charge in [-0.05, 0) is 50.2 Å². The van der Waals surface area contributed by atoms with Crippen LogP contribution in [0.3, 0.4) is 0 Å². The number of aromatic nitrogens is 1. The number of hydrazone groups is 1. The molecule has 27 heavy (non-hydrogen) atoms. The van der Waals surface area contributed by atoms with Gasteiger partial charge in [0, 0.05) is 37.6 Å². The first kappa shape index (κ1) is 20.1. The van der Waals surface area contributed by atoms with E-state index in [9.17, 15) is 0 Å². The molecule has 0 radical (unpaired) electrons. The Morgan fingerprint density at radius 3 is 2.37 bits per heavy atom. The van der Waals surface area contributed by atoms with E-state index in [2.05, 4.69) is 15.1 Å². The number of rotatable bonds is 5. The molecule has 0 bridgehead atoms. The first-order valence-electron chi connectivity index (χ1n) is 8.21. The van der Waals surface area contributed by atoms with Crippen LogP contribution < -0.4 is 5.43 Å². The van der Waals surface area contributed by atoms with Gasteiger partial charge in [-0.3, -0.25) is 0 Å². The lowest BCUT2D eigenvalue weighted by molar-refractivity contribution is 0.748. The maximum Gasteiger partial charge on any atom is 0.0656 e. The molecule has 3 rings (SSSR count). The molecule has 0 saturated carbocycles. The minimum Gasteiger partial charge on any atom is -0.316 e. The SMILES string of the molecule is Cc1cc(/C=N/NCc2c(Cl)cccc2Cl)c(C)n1-c1cc(Cl)ccc1Cl. The molecule has 140 valence electrons. The topological polar surface area (TPSA) is 29.3 Å². The zero-order valence-electron chi connectivity index (χ0n) is 14.7. The summed E-state index contributed by atoms with van der Waals surface area (Å²) in [5, 5.41) is 6.79. The quantitative estimate of drug-likeness (QED) is 0.341. The van der Waals surface area contributed by atoms with Crippen molar-refractivity contribution in [3.8, 4) is 5.69 Å². The summed E-state index contributed by atoms with van der Waals surface area (Å²) in [5.41, 5.74) is 7.67. The van der Waals surface area contributed by atoms with Crippen molar-refractivity contribution in [2.24, 2.45) is 5.10 Å². The molecule has 1 heterocycles. The van der Waals surface area contributed by atoms with Gasteiger partial charge in [0.1, 0.15) is 0 Å². The molecule has 0 aliphatic rings. The van der Waals surface area contributed by atoms with E-state index in [4.69, 9.17) is 46.4 Å². The fourth-order valence-corrected chi connectivity index (χ4v) is 3.79. The van der Waals surface area contributed by atoms with E-state index in [1.165, 1.54) is 0 Å². The highest BCUT2D eigenvalue weighted by Crippen LogP contribution is 2.28. The Hall–Kier alpha value is -1.65. The number of nitrogens with zero attached hydrogens (tertiary/aromatic N) is 2. The number of aryl methyl sites for hydroxylation is 1. The van der Waals surface area contributed by atoms with E-state index in [1.807, 2.05) is 32.0 Å². The van der Waals surface area contributed by atoms with E-state index >= 15 is 0 Å². The second-order valence-corrected chi connectivity index (χ2v) is 7.71. The lowest BCUT2D eigenvalue weighted by atomic mass is 10.2. The van der Waals surface area contributed by atoms with Gasteiger partial charge in [0.15, 0.2) is 0 Å². The van der Waals surface area contributed by atoms with Crippen molar-refractivity contribution in [3.05, 3.63) is 85.1 Å². The van der Waals surface area contributed by atoms with Crippen LogP contribution in [0.4, 0.5) is 0 Å². The monoisotopic (exact) mass is 439 g/mol. The van der Waals surface area contributed by atoms with E-state index in [-0.39, 0.29) is 0 Å². The summed E-state index contributed by atoms with van der Waals surface area (Å²) in [4.78, 5) is 0. The summed E-state index contributed by atoms with van der Waals surface area (Å²) in [7, 11) is 0. The van der Waals surface area contributed by atoms with E-state index in [1.54, 1.807) is 30.5 Å². The lowest BCUT2D eigenvalue weighted by Crippen LogP contribution is -2.07. The van der Waals surface area contributed by atoms with E-state index < -0.39 is 0 Å². The zero-order valence-corrected chi connectivity index (χ0v) is 17.8. The average Bonchev–Trinajstić information content (AvgIpc) is 2.90. The number of hydrogen-bond acceptors (Lipinski definition) is 2. The van der Waals surface area contributed by atoms with Crippen LogP contribution >= 0.6 is 46.4 Å². The molecule has 3 nitrogen and oxygen atoms in total. The van der Waals surface area contributed by atoms with Crippen LogP contribution in [0.2, 0.25) is 20.1 Å². The molecule has 7 heteroatoms. The molecule has 0 atom stereocenters. The summed E-state index contributed by atoms with van der Waals surface area (Å²) >= 11 is 24.8. The van der Waals surface area contributed by atoms with Crippen LogP contribution in [0.1, 0.15) is 22.5 Å². The summed E-state index contributed by atoms with van der Waals surface area (Å²) < 4.78 is 2.06. The zero-order chi connectivity index (χ0) is 19.6. The highest BCUT2D eigenvalue weighted by molar-refractivity contribution is 6.36. The first-order valence-corrected chi connectivity index (χ1v) is 9.73. The van der Waals surface area contributed by atoms with Gasteiger partial charge in [-0.25, -0.2) is 0 Å². The Kier molecular flexibility index (Phi) is 6.38. The van der Waals surface area contributed by atoms with Gasteiger partial charge in [0.2, 0.25) is 0 Å². The number of nitrogens with one attached hydrogen (secondary N) is 1. The molecule has 0 unspecified atom stereocenters. The van der Waals surface area contributed by atoms with Crippen molar-refractivity contribution in [1.82, 2.24) is 9.99 Å². The predicted molar refractivity (Wildman–Crippen MR) is 116 cm³/mol. The third kappa shape index (κ3) is 4.44. The minimum absolute atomic E-state index is 0.438. The molecule has 0 amide bonds. The van der Waals surface area contributed by atoms with Crippen LogP contribution in [0.25, 0.3) is 5.69 Å². The third-order valence-electron chi connectivity index (χ3n) is 4.23. The van der Waals surface area contributed by atoms with Gasteiger partial charge in [0.05, 0.1) is 23.5 Å². The molecule has 0 fully saturated rings. The molecule has 2 aromatic carbocycles. The molecule has 0 aliphatic heterocycles. The molecule has 0 spiro atoms. The number of halogens is 4. The van der Waals surface area contributed by atoms with Gasteiger partial charge in [-0.2, -0.15) is 5.10 Å². The van der Waals surface area contributed by atoms with Gasteiger partial charge in [-0.1, -0.05) is 52.5 Å². The Bertz CT molecular complexity index is 988. The van der Waals surface area contributed by atoms with Crippen LogP contribution in [0, 0.1) is 13.8 Å². The molecule has 0 saturated heterocycles. The number of benzene rings is 2. The van der Waals surface area contributed by atoms with Gasteiger partial charge in [-0.15, -0.1) is 0 Å². The molecule has 1 aromatic heterocycles. The summed E-state index contributed by atoms with van der Waals surface area (Å²) in [5.74, 6) is 0. The largest absolute Gasteiger partial charge is 0.316 e. The first-order chi connectivity index (χ1) is 12.9. The normalized spacial score (nSPS) is 11.3. The minimum atomic E-state index is 0.438. The van der Waals surface area contributed by atoms with Crippen molar-refractivity contribution >= 4 is 52.6 Å². The smallest absolute Gasteiger partial charge is 0.0656 e. The van der Waals surface area contributed by atoms with Gasteiger partial charge in [0.25, 0.3) is 0 Å². The molecular formula is C20H17Cl4N3. The Labute approximate surface area is 178 Å². The predicted octanol–water partition coefficient (Wildman–Crippen LogP) is 6.83. The van der Waals surface area contributed by atoms with Crippen molar-refractivity contribution in [2.75, 3.05) is 0 Å². The fraction of sp³-hybridized carbons (Fsp3) is 0.150. The second kappa shape index (κ2) is 8.57. The van der Waals surface area contributed by atoms with Crippen LogP contribution in [0.15, 0.2) is 47.6 Å². The third-order valence-corrected chi connectivity index (χ3v) is 5.49. The Morgan fingerprint density at radius 2 is 1.67 bits per heavy atom. The fourth-order valence-electron chi connectivity index (χ4n) is 2.89. The summed E-state index contributed by atoms with van der Waals surface area (Å²) in [6.07, 6.45) is 1.77. The lowest BCUT2D eigenvalue weighted by Gasteiger charge is -2.12. The van der Waals surface area contributed by atoms with Crippen molar-refractivity contribution in [1.29, 1.82) is 0 Å². The van der Waals surface area contributed by atoms with Crippen molar-refractivity contribution in [3.63, 3.8) is 0 Å². The standard InChI is InChI=1S/C20H17Cl4N3/c1-12-8-14(10-25-26-11-16-17(22)4-3-5-18(16)23)13(2)27(12)20-9-15(21)6-7-19(20)24/h3-10,26H,11H2,1-2H3/b25-10+.